The fourth-order valence-electron chi connectivity index (χ4n) is 4.25. The Balaban J connectivity index is 1.89. The first-order chi connectivity index (χ1) is 13.1. The predicted molar refractivity (Wildman–Crippen MR) is 113 cm³/mol. The van der Waals surface area contributed by atoms with Crippen molar-refractivity contribution in [2.45, 2.75) is 25.9 Å². The van der Waals surface area contributed by atoms with E-state index in [2.05, 4.69) is 49.7 Å². The number of fused-ring (bicyclic) bond motifs is 4. The summed E-state index contributed by atoms with van der Waals surface area (Å²) >= 11 is 9.48. The zero-order valence-electron chi connectivity index (χ0n) is 14.7. The van der Waals surface area contributed by atoms with Crippen LogP contribution >= 0.6 is 28.1 Å². The highest BCUT2D eigenvalue weighted by molar-refractivity contribution is 9.10. The number of hydrogen-bond acceptors (Lipinski definition) is 2. The van der Waals surface area contributed by atoms with Crippen LogP contribution in [0.2, 0.25) is 0 Å². The average Bonchev–Trinajstić information content (AvgIpc) is 3.16. The summed E-state index contributed by atoms with van der Waals surface area (Å²) in [5.74, 6) is 0.274. The van der Waals surface area contributed by atoms with Gasteiger partial charge in [0.1, 0.15) is 6.04 Å². The molecule has 0 aliphatic carbocycles. The van der Waals surface area contributed by atoms with E-state index in [9.17, 15) is 5.11 Å². The lowest BCUT2D eigenvalue weighted by atomic mass is 9.93. The van der Waals surface area contributed by atoms with Crippen molar-refractivity contribution in [2.24, 2.45) is 0 Å². The number of nitrogens with one attached hydrogen (secondary N) is 1. The van der Waals surface area contributed by atoms with Gasteiger partial charge in [0.25, 0.3) is 0 Å². The summed E-state index contributed by atoms with van der Waals surface area (Å²) in [6.45, 7) is 2.64. The van der Waals surface area contributed by atoms with Gasteiger partial charge in [-0.1, -0.05) is 52.3 Å². The molecule has 1 aliphatic heterocycles. The lowest BCUT2D eigenvalue weighted by molar-refractivity contribution is 0.414. The summed E-state index contributed by atoms with van der Waals surface area (Å²) < 4.78 is 5.59. The maximum Gasteiger partial charge on any atom is 0.213 e. The summed E-state index contributed by atoms with van der Waals surface area (Å²) in [5, 5.41) is 12.1. The molecule has 0 unspecified atom stereocenters. The molecule has 0 saturated carbocycles. The third-order valence-corrected chi connectivity index (χ3v) is 6.62. The maximum atomic E-state index is 10.9. The van der Waals surface area contributed by atoms with Crippen LogP contribution in [-0.2, 0) is 13.0 Å². The van der Waals surface area contributed by atoms with Gasteiger partial charge in [-0.2, -0.15) is 0 Å². The van der Waals surface area contributed by atoms with Gasteiger partial charge in [0.05, 0.1) is 5.69 Å². The second-order valence-corrected chi connectivity index (χ2v) is 8.05. The van der Waals surface area contributed by atoms with Crippen LogP contribution in [-0.4, -0.2) is 19.2 Å². The number of aromatic hydroxyl groups is 1. The molecule has 0 fully saturated rings. The van der Waals surface area contributed by atoms with Crippen LogP contribution in [0.1, 0.15) is 35.5 Å². The number of nitrogens with zero attached hydrogens (tertiary/aromatic N) is 2. The predicted octanol–water partition coefficient (Wildman–Crippen LogP) is 5.53. The van der Waals surface area contributed by atoms with Crippen molar-refractivity contribution in [3.63, 3.8) is 0 Å². The van der Waals surface area contributed by atoms with Crippen molar-refractivity contribution in [2.75, 3.05) is 0 Å². The molecule has 27 heavy (non-hydrogen) atoms. The van der Waals surface area contributed by atoms with Crippen molar-refractivity contribution < 1.29 is 5.11 Å². The summed E-state index contributed by atoms with van der Waals surface area (Å²) in [4.78, 5) is 3.63. The first kappa shape index (κ1) is 16.8. The number of para-hydroxylation sites is 1. The zero-order valence-corrected chi connectivity index (χ0v) is 17.1. The number of benzene rings is 2. The largest absolute Gasteiger partial charge is 0.493 e. The van der Waals surface area contributed by atoms with E-state index in [-0.39, 0.29) is 11.9 Å². The van der Waals surface area contributed by atoms with Gasteiger partial charge in [-0.3, -0.25) is 4.57 Å². The van der Waals surface area contributed by atoms with E-state index in [4.69, 9.17) is 12.2 Å². The molecule has 3 heterocycles. The van der Waals surface area contributed by atoms with Gasteiger partial charge >= 0.3 is 0 Å². The summed E-state index contributed by atoms with van der Waals surface area (Å²) in [6.07, 6.45) is 0.656. The van der Waals surface area contributed by atoms with Crippen molar-refractivity contribution in [3.05, 3.63) is 80.3 Å². The molecular weight excluding hydrogens is 422 g/mol. The molecule has 0 bridgehead atoms. The molecule has 0 saturated heterocycles. The Bertz CT molecular complexity index is 1250. The van der Waals surface area contributed by atoms with Crippen molar-refractivity contribution >= 4 is 39.1 Å². The van der Waals surface area contributed by atoms with Crippen LogP contribution in [0.3, 0.4) is 0 Å². The molecule has 4 nitrogen and oxygen atoms in total. The van der Waals surface area contributed by atoms with Crippen molar-refractivity contribution in [3.8, 4) is 5.88 Å². The topological polar surface area (TPSA) is 45.9 Å². The second-order valence-electron chi connectivity index (χ2n) is 6.83. The molecule has 1 aliphatic rings. The molecule has 2 aromatic heterocycles. The Morgan fingerprint density at radius 2 is 1.93 bits per heavy atom. The van der Waals surface area contributed by atoms with Crippen LogP contribution in [0, 0.1) is 4.77 Å². The number of aromatic nitrogens is 3. The SMILES string of the molecule is CCn1c(O)c2n(c1=S)[C@@H](c1ccccc1Br)c1[nH]c3ccccc3c1C2. The van der Waals surface area contributed by atoms with E-state index in [1.54, 1.807) is 0 Å². The highest BCUT2D eigenvalue weighted by atomic mass is 79.9. The monoisotopic (exact) mass is 439 g/mol. The molecule has 0 spiro atoms. The number of rotatable bonds is 2. The standard InChI is InChI=1S/C21H18BrN3OS/c1-2-24-20(26)17-11-14-12-7-4-6-10-16(12)23-18(14)19(25(17)21(24)27)13-8-3-5-9-15(13)22/h3-10,19,23,26H,2,11H2,1H3/t19-/m0/s1. The van der Waals surface area contributed by atoms with Gasteiger partial charge in [0, 0.05) is 34.0 Å². The third kappa shape index (κ3) is 2.29. The normalized spacial score (nSPS) is 15.7. The molecule has 2 N–H and O–H groups in total. The van der Waals surface area contributed by atoms with Crippen LogP contribution in [0.15, 0.2) is 53.0 Å². The Hall–Kier alpha value is -2.31. The molecule has 4 aromatic rings. The average molecular weight is 440 g/mol. The molecule has 136 valence electrons. The molecule has 0 radical (unpaired) electrons. The van der Waals surface area contributed by atoms with Gasteiger partial charge in [0.15, 0.2) is 4.77 Å². The Labute approximate surface area is 170 Å². The van der Waals surface area contributed by atoms with Crippen molar-refractivity contribution in [1.29, 1.82) is 0 Å². The fourth-order valence-corrected chi connectivity index (χ4v) is 5.18. The fraction of sp³-hybridized carbons (Fsp3) is 0.190. The summed E-state index contributed by atoms with van der Waals surface area (Å²) in [5.41, 5.74) is 5.47. The minimum atomic E-state index is -0.113. The Morgan fingerprint density at radius 3 is 2.70 bits per heavy atom. The van der Waals surface area contributed by atoms with Crippen molar-refractivity contribution in [1.82, 2.24) is 14.1 Å². The Kier molecular flexibility index (Phi) is 3.81. The first-order valence-electron chi connectivity index (χ1n) is 8.98. The maximum absolute atomic E-state index is 10.9. The minimum Gasteiger partial charge on any atom is -0.493 e. The van der Waals surface area contributed by atoms with Gasteiger partial charge < -0.3 is 14.7 Å². The molecule has 2 aromatic carbocycles. The molecule has 5 rings (SSSR count). The number of hydrogen-bond donors (Lipinski definition) is 2. The van der Waals surface area contributed by atoms with Gasteiger partial charge in [0.2, 0.25) is 5.88 Å². The molecular formula is C21H18BrN3OS. The number of aromatic amines is 1. The van der Waals surface area contributed by atoms with Crippen LogP contribution in [0.25, 0.3) is 10.9 Å². The van der Waals surface area contributed by atoms with E-state index in [1.165, 1.54) is 10.9 Å². The highest BCUT2D eigenvalue weighted by Crippen LogP contribution is 2.44. The third-order valence-electron chi connectivity index (χ3n) is 5.48. The van der Waals surface area contributed by atoms with E-state index in [0.29, 0.717) is 17.7 Å². The lowest BCUT2D eigenvalue weighted by Crippen LogP contribution is -2.22. The number of imidazole rings is 1. The molecule has 0 amide bonds. The van der Waals surface area contributed by atoms with Gasteiger partial charge in [-0.15, -0.1) is 0 Å². The summed E-state index contributed by atoms with van der Waals surface area (Å²) in [6, 6.07) is 16.4. The van der Waals surface area contributed by atoms with E-state index >= 15 is 0 Å². The van der Waals surface area contributed by atoms with E-state index in [1.807, 2.05) is 35.8 Å². The number of H-pyrrole nitrogens is 1. The smallest absolute Gasteiger partial charge is 0.213 e. The second kappa shape index (κ2) is 6.11. The molecule has 1 atom stereocenters. The first-order valence-corrected chi connectivity index (χ1v) is 10.2. The summed E-state index contributed by atoms with van der Waals surface area (Å²) in [7, 11) is 0. The lowest BCUT2D eigenvalue weighted by Gasteiger charge is -2.27. The Morgan fingerprint density at radius 1 is 1.19 bits per heavy atom. The minimum absolute atomic E-state index is 0.113. The van der Waals surface area contributed by atoms with Crippen LogP contribution < -0.4 is 0 Å². The van der Waals surface area contributed by atoms with E-state index < -0.39 is 0 Å². The van der Waals surface area contributed by atoms with E-state index in [0.717, 1.165) is 26.9 Å². The van der Waals surface area contributed by atoms with Crippen LogP contribution in [0.4, 0.5) is 0 Å². The number of halogens is 1. The van der Waals surface area contributed by atoms with Gasteiger partial charge in [-0.05, 0) is 42.4 Å². The van der Waals surface area contributed by atoms with Gasteiger partial charge in [-0.25, -0.2) is 0 Å². The molecule has 6 heteroatoms. The highest BCUT2D eigenvalue weighted by Gasteiger charge is 2.34. The van der Waals surface area contributed by atoms with Crippen LogP contribution in [0.5, 0.6) is 5.88 Å². The quantitative estimate of drug-likeness (QED) is 0.355. The zero-order chi connectivity index (χ0) is 18.7.